The minimum absolute atomic E-state index is 0.0143. The first-order valence-electron chi connectivity index (χ1n) is 15.7. The molecule has 0 atom stereocenters. The highest BCUT2D eigenvalue weighted by Crippen LogP contribution is 2.35. The van der Waals surface area contributed by atoms with E-state index in [2.05, 4.69) is 36.2 Å². The van der Waals surface area contributed by atoms with Gasteiger partial charge in [-0.05, 0) is 78.8 Å². The Hall–Kier alpha value is -5.30. The molecular formula is C36H36FN7O4. The van der Waals surface area contributed by atoms with Gasteiger partial charge in [0.15, 0.2) is 11.6 Å². The van der Waals surface area contributed by atoms with Gasteiger partial charge in [0.25, 0.3) is 5.91 Å². The molecule has 0 aliphatic heterocycles. The zero-order valence-electron chi connectivity index (χ0n) is 26.4. The van der Waals surface area contributed by atoms with Crippen molar-refractivity contribution in [3.05, 3.63) is 107 Å². The molecule has 0 spiro atoms. The van der Waals surface area contributed by atoms with Gasteiger partial charge in [-0.1, -0.05) is 30.3 Å². The molecule has 1 aliphatic carbocycles. The first-order valence-corrected chi connectivity index (χ1v) is 15.7. The number of rotatable bonds is 13. The first kappa shape index (κ1) is 32.6. The summed E-state index contributed by atoms with van der Waals surface area (Å²) in [6.45, 7) is 3.33. The molecule has 0 unspecified atom stereocenters. The molecular weight excluding hydrogens is 613 g/mol. The number of nitrogens with one attached hydrogen (secondary N) is 4. The average Bonchev–Trinajstić information content (AvgIpc) is 3.06. The van der Waals surface area contributed by atoms with E-state index >= 15 is 4.39 Å². The van der Waals surface area contributed by atoms with E-state index in [9.17, 15) is 14.7 Å². The molecule has 11 nitrogen and oxygen atoms in total. The first-order chi connectivity index (χ1) is 23.3. The Morgan fingerprint density at radius 3 is 2.40 bits per heavy atom. The standard InChI is InChI=1S/C36H36FN7O4/c1-22-26(5-2-7-28(22)43-33-32-25(11-14-39-33)17-24(20-41-32)18-38-15-16-45)27-6-3-8-29(31(27)37)44-34(46)30-10-9-23(19-40-30)21-42-36(35(47)48)12-4-13-36/h2-3,5-11,14,17,19-20,38,42,45H,4,12-13,15-16,18,21H2,1H3,(H,39,43)(H,44,46)(H,47,48). The third-order valence-corrected chi connectivity index (χ3v) is 8.70. The van der Waals surface area contributed by atoms with Crippen molar-refractivity contribution in [2.45, 2.75) is 44.8 Å². The lowest BCUT2D eigenvalue weighted by atomic mass is 9.76. The quantitative estimate of drug-likeness (QED) is 0.0922. The second kappa shape index (κ2) is 14.2. The van der Waals surface area contributed by atoms with E-state index in [1.54, 1.807) is 30.6 Å². The second-order valence-corrected chi connectivity index (χ2v) is 11.8. The summed E-state index contributed by atoms with van der Waals surface area (Å²) in [5.41, 5.74) is 4.08. The molecule has 3 aromatic heterocycles. The molecule has 246 valence electrons. The number of hydrogen-bond donors (Lipinski definition) is 6. The number of hydrogen-bond acceptors (Lipinski definition) is 9. The summed E-state index contributed by atoms with van der Waals surface area (Å²) in [5.74, 6) is -1.46. The fourth-order valence-electron chi connectivity index (χ4n) is 5.75. The average molecular weight is 650 g/mol. The number of carboxylic acid groups (broad SMARTS) is 1. The van der Waals surface area contributed by atoms with Crippen LogP contribution in [-0.4, -0.2) is 55.7 Å². The number of anilines is 3. The molecule has 6 N–H and O–H groups in total. The van der Waals surface area contributed by atoms with Crippen molar-refractivity contribution in [3.8, 4) is 11.1 Å². The van der Waals surface area contributed by atoms with Crippen molar-refractivity contribution in [2.75, 3.05) is 23.8 Å². The maximum Gasteiger partial charge on any atom is 0.323 e. The molecule has 0 bridgehead atoms. The largest absolute Gasteiger partial charge is 0.480 e. The van der Waals surface area contributed by atoms with Gasteiger partial charge in [0.1, 0.15) is 16.7 Å². The summed E-state index contributed by atoms with van der Waals surface area (Å²) in [6, 6.07) is 17.5. The van der Waals surface area contributed by atoms with E-state index < -0.39 is 23.2 Å². The van der Waals surface area contributed by atoms with Crippen LogP contribution in [0.2, 0.25) is 0 Å². The molecule has 1 fully saturated rings. The minimum Gasteiger partial charge on any atom is -0.480 e. The molecule has 3 heterocycles. The molecule has 1 amide bonds. The fourth-order valence-corrected chi connectivity index (χ4v) is 5.75. The maximum atomic E-state index is 16.0. The third-order valence-electron chi connectivity index (χ3n) is 8.70. The van der Waals surface area contributed by atoms with Crippen LogP contribution >= 0.6 is 0 Å². The Kier molecular flexibility index (Phi) is 9.67. The fraction of sp³-hybridized carbons (Fsp3) is 0.250. The number of carboxylic acids is 1. The summed E-state index contributed by atoms with van der Waals surface area (Å²) in [7, 11) is 0. The van der Waals surface area contributed by atoms with Gasteiger partial charge in [-0.15, -0.1) is 0 Å². The number of benzene rings is 2. The molecule has 1 saturated carbocycles. The molecule has 48 heavy (non-hydrogen) atoms. The summed E-state index contributed by atoms with van der Waals surface area (Å²) >= 11 is 0. The van der Waals surface area contributed by atoms with Crippen molar-refractivity contribution in [2.24, 2.45) is 0 Å². The Morgan fingerprint density at radius 1 is 0.917 bits per heavy atom. The molecule has 2 aromatic carbocycles. The zero-order chi connectivity index (χ0) is 33.7. The van der Waals surface area contributed by atoms with E-state index in [1.807, 2.05) is 37.3 Å². The predicted octanol–water partition coefficient (Wildman–Crippen LogP) is 5.31. The zero-order valence-corrected chi connectivity index (χ0v) is 26.4. The van der Waals surface area contributed by atoms with Crippen LogP contribution in [0, 0.1) is 12.7 Å². The van der Waals surface area contributed by atoms with Crippen LogP contribution in [0.3, 0.4) is 0 Å². The van der Waals surface area contributed by atoms with Gasteiger partial charge in [0, 0.05) is 54.9 Å². The molecule has 0 saturated heterocycles. The number of amides is 1. The van der Waals surface area contributed by atoms with Gasteiger partial charge < -0.3 is 26.2 Å². The smallest absolute Gasteiger partial charge is 0.323 e. The molecule has 6 rings (SSSR count). The number of aliphatic hydroxyl groups is 1. The molecule has 0 radical (unpaired) electrons. The van der Waals surface area contributed by atoms with Crippen molar-refractivity contribution < 1.29 is 24.2 Å². The van der Waals surface area contributed by atoms with E-state index in [1.165, 1.54) is 18.3 Å². The van der Waals surface area contributed by atoms with Crippen LogP contribution < -0.4 is 21.3 Å². The van der Waals surface area contributed by atoms with Crippen LogP contribution in [0.15, 0.2) is 79.3 Å². The van der Waals surface area contributed by atoms with Crippen molar-refractivity contribution in [1.29, 1.82) is 0 Å². The number of aliphatic hydroxyl groups excluding tert-OH is 1. The Bertz CT molecular complexity index is 1970. The lowest BCUT2D eigenvalue weighted by Crippen LogP contribution is -2.56. The van der Waals surface area contributed by atoms with E-state index in [4.69, 9.17) is 5.11 Å². The van der Waals surface area contributed by atoms with E-state index in [0.29, 0.717) is 54.9 Å². The number of pyridine rings is 3. The summed E-state index contributed by atoms with van der Waals surface area (Å²) < 4.78 is 16.0. The maximum absolute atomic E-state index is 16.0. The van der Waals surface area contributed by atoms with Crippen LogP contribution in [0.25, 0.3) is 22.0 Å². The minimum atomic E-state index is -0.902. The topological polar surface area (TPSA) is 161 Å². The molecule has 5 aromatic rings. The Balaban J connectivity index is 1.17. The molecule has 12 heteroatoms. The van der Waals surface area contributed by atoms with Gasteiger partial charge in [0.05, 0.1) is 12.3 Å². The summed E-state index contributed by atoms with van der Waals surface area (Å²) in [6.07, 6.45) is 7.00. The van der Waals surface area contributed by atoms with Gasteiger partial charge in [-0.25, -0.2) is 9.37 Å². The van der Waals surface area contributed by atoms with Gasteiger partial charge >= 0.3 is 5.97 Å². The highest BCUT2D eigenvalue weighted by Gasteiger charge is 2.43. The van der Waals surface area contributed by atoms with Crippen LogP contribution in [0.1, 0.15) is 46.4 Å². The highest BCUT2D eigenvalue weighted by atomic mass is 19.1. The number of nitrogens with zero attached hydrogens (tertiary/aromatic N) is 3. The second-order valence-electron chi connectivity index (χ2n) is 11.8. The Labute approximate surface area is 276 Å². The van der Waals surface area contributed by atoms with Crippen LogP contribution in [0.4, 0.5) is 21.6 Å². The lowest BCUT2D eigenvalue weighted by molar-refractivity contribution is -0.148. The van der Waals surface area contributed by atoms with Crippen LogP contribution in [-0.2, 0) is 17.9 Å². The summed E-state index contributed by atoms with van der Waals surface area (Å²) in [5, 5.41) is 31.7. The van der Waals surface area contributed by atoms with Gasteiger partial charge in [-0.2, -0.15) is 0 Å². The number of fused-ring (bicyclic) bond motifs is 1. The van der Waals surface area contributed by atoms with Crippen molar-refractivity contribution in [1.82, 2.24) is 25.6 Å². The number of carbonyl (C=O) groups is 2. The monoisotopic (exact) mass is 649 g/mol. The molecule has 1 aliphatic rings. The predicted molar refractivity (Wildman–Crippen MR) is 181 cm³/mol. The van der Waals surface area contributed by atoms with Crippen molar-refractivity contribution >= 4 is 40.0 Å². The number of aliphatic carboxylic acids is 1. The highest BCUT2D eigenvalue weighted by molar-refractivity contribution is 6.03. The number of carbonyl (C=O) groups excluding carboxylic acids is 1. The normalized spacial score (nSPS) is 13.6. The van der Waals surface area contributed by atoms with E-state index in [-0.39, 0.29) is 18.0 Å². The van der Waals surface area contributed by atoms with Crippen molar-refractivity contribution in [3.63, 3.8) is 0 Å². The van der Waals surface area contributed by atoms with E-state index in [0.717, 1.165) is 34.2 Å². The number of aromatic nitrogens is 3. The third kappa shape index (κ3) is 6.86. The van der Waals surface area contributed by atoms with Gasteiger partial charge in [0.2, 0.25) is 0 Å². The Morgan fingerprint density at radius 2 is 1.69 bits per heavy atom. The number of halogens is 1. The lowest BCUT2D eigenvalue weighted by Gasteiger charge is -2.38. The summed E-state index contributed by atoms with van der Waals surface area (Å²) in [4.78, 5) is 38.0. The van der Waals surface area contributed by atoms with Gasteiger partial charge in [-0.3, -0.25) is 24.9 Å². The SMILES string of the molecule is Cc1c(Nc2nccc3cc(CNCCO)cnc23)cccc1-c1cccc(NC(=O)c2ccc(CNC3(C(=O)O)CCC3)cn2)c1F. The van der Waals surface area contributed by atoms with Crippen LogP contribution in [0.5, 0.6) is 0 Å².